The van der Waals surface area contributed by atoms with Crippen molar-refractivity contribution in [3.63, 3.8) is 0 Å². The van der Waals surface area contributed by atoms with Crippen LogP contribution in [0.4, 0.5) is 0 Å². The van der Waals surface area contributed by atoms with Crippen LogP contribution in [0.3, 0.4) is 0 Å². The van der Waals surface area contributed by atoms with Crippen molar-refractivity contribution in [3.8, 4) is 0 Å². The predicted octanol–water partition coefficient (Wildman–Crippen LogP) is 3.95. The number of hydrogen-bond acceptors (Lipinski definition) is 1. The zero-order valence-electron chi connectivity index (χ0n) is 11.2. The second-order valence-electron chi connectivity index (χ2n) is 4.97. The normalized spacial score (nSPS) is 11.1. The number of halogens is 1. The van der Waals surface area contributed by atoms with Gasteiger partial charge in [0, 0.05) is 28.1 Å². The third kappa shape index (κ3) is 2.65. The summed E-state index contributed by atoms with van der Waals surface area (Å²) in [5, 5.41) is 1.31. The fourth-order valence-corrected chi connectivity index (χ4v) is 3.09. The lowest BCUT2D eigenvalue weighted by atomic mass is 10.1. The fraction of sp³-hybridized carbons (Fsp3) is 0.176. The number of rotatable bonds is 4. The highest BCUT2D eigenvalue weighted by molar-refractivity contribution is 9.10. The van der Waals surface area contributed by atoms with Crippen LogP contribution < -0.4 is 5.73 Å². The van der Waals surface area contributed by atoms with Gasteiger partial charge < -0.3 is 10.3 Å². The van der Waals surface area contributed by atoms with Crippen LogP contribution in [-0.4, -0.2) is 11.1 Å². The van der Waals surface area contributed by atoms with Crippen LogP contribution in [-0.2, 0) is 13.0 Å². The van der Waals surface area contributed by atoms with E-state index in [9.17, 15) is 0 Å². The molecule has 3 rings (SSSR count). The van der Waals surface area contributed by atoms with E-state index < -0.39 is 0 Å². The lowest BCUT2D eigenvalue weighted by Crippen LogP contribution is -2.02. The zero-order valence-corrected chi connectivity index (χ0v) is 12.8. The van der Waals surface area contributed by atoms with Gasteiger partial charge in [0.25, 0.3) is 0 Å². The van der Waals surface area contributed by atoms with Crippen LogP contribution in [0, 0.1) is 0 Å². The lowest BCUT2D eigenvalue weighted by molar-refractivity contribution is 0.827. The lowest BCUT2D eigenvalue weighted by Gasteiger charge is -2.06. The summed E-state index contributed by atoms with van der Waals surface area (Å²) in [6, 6.07) is 17.0. The number of aromatic nitrogens is 1. The fourth-order valence-electron chi connectivity index (χ4n) is 2.64. The topological polar surface area (TPSA) is 30.9 Å². The third-order valence-electron chi connectivity index (χ3n) is 3.53. The van der Waals surface area contributed by atoms with E-state index in [0.717, 1.165) is 17.4 Å². The Hall–Kier alpha value is -1.58. The molecule has 0 fully saturated rings. The third-order valence-corrected chi connectivity index (χ3v) is 4.02. The first-order valence-electron chi connectivity index (χ1n) is 6.79. The first-order valence-corrected chi connectivity index (χ1v) is 7.58. The van der Waals surface area contributed by atoms with Gasteiger partial charge in [-0.2, -0.15) is 0 Å². The Morgan fingerprint density at radius 2 is 1.90 bits per heavy atom. The number of fused-ring (bicyclic) bond motifs is 1. The highest BCUT2D eigenvalue weighted by atomic mass is 79.9. The molecule has 0 saturated heterocycles. The molecule has 0 unspecified atom stereocenters. The molecule has 1 heterocycles. The first-order chi connectivity index (χ1) is 9.78. The molecule has 0 amide bonds. The summed E-state index contributed by atoms with van der Waals surface area (Å²) >= 11 is 3.53. The molecule has 0 bridgehead atoms. The number of hydrogen-bond donors (Lipinski definition) is 1. The summed E-state index contributed by atoms with van der Waals surface area (Å²) in [4.78, 5) is 0. The quantitative estimate of drug-likeness (QED) is 0.772. The summed E-state index contributed by atoms with van der Waals surface area (Å²) in [5.74, 6) is 0. The van der Waals surface area contributed by atoms with E-state index in [0.29, 0.717) is 6.54 Å². The van der Waals surface area contributed by atoms with E-state index in [2.05, 4.69) is 75.2 Å². The zero-order chi connectivity index (χ0) is 13.9. The van der Waals surface area contributed by atoms with E-state index in [1.54, 1.807) is 0 Å². The van der Waals surface area contributed by atoms with Gasteiger partial charge in [-0.1, -0.05) is 46.3 Å². The summed E-state index contributed by atoms with van der Waals surface area (Å²) in [6.45, 7) is 1.56. The Labute approximate surface area is 127 Å². The SMILES string of the molecule is NCCc1cn(Cc2cccc(Br)c2)c2ccccc12. The van der Waals surface area contributed by atoms with Crippen molar-refractivity contribution in [1.29, 1.82) is 0 Å². The summed E-state index contributed by atoms with van der Waals surface area (Å²) in [5.41, 5.74) is 9.61. The molecular weight excluding hydrogens is 312 g/mol. The average molecular weight is 329 g/mol. The molecule has 0 radical (unpaired) electrons. The molecule has 0 atom stereocenters. The maximum absolute atomic E-state index is 5.72. The van der Waals surface area contributed by atoms with Gasteiger partial charge in [0.1, 0.15) is 0 Å². The Morgan fingerprint density at radius 1 is 1.05 bits per heavy atom. The van der Waals surface area contributed by atoms with Gasteiger partial charge in [0.15, 0.2) is 0 Å². The largest absolute Gasteiger partial charge is 0.343 e. The van der Waals surface area contributed by atoms with Crippen molar-refractivity contribution in [2.45, 2.75) is 13.0 Å². The molecule has 20 heavy (non-hydrogen) atoms. The maximum Gasteiger partial charge on any atom is 0.0486 e. The smallest absolute Gasteiger partial charge is 0.0486 e. The molecular formula is C17H17BrN2. The predicted molar refractivity (Wildman–Crippen MR) is 87.9 cm³/mol. The van der Waals surface area contributed by atoms with Crippen molar-refractivity contribution < 1.29 is 0 Å². The minimum Gasteiger partial charge on any atom is -0.343 e. The van der Waals surface area contributed by atoms with E-state index in [-0.39, 0.29) is 0 Å². The minimum absolute atomic E-state index is 0.685. The van der Waals surface area contributed by atoms with Crippen molar-refractivity contribution in [2.24, 2.45) is 5.73 Å². The molecule has 0 aliphatic carbocycles. The van der Waals surface area contributed by atoms with Crippen LogP contribution in [0.15, 0.2) is 59.2 Å². The first kappa shape index (κ1) is 13.4. The van der Waals surface area contributed by atoms with Gasteiger partial charge in [-0.25, -0.2) is 0 Å². The van der Waals surface area contributed by atoms with Crippen molar-refractivity contribution >= 4 is 26.8 Å². The van der Waals surface area contributed by atoms with Crippen molar-refractivity contribution in [1.82, 2.24) is 4.57 Å². The van der Waals surface area contributed by atoms with Gasteiger partial charge in [-0.05, 0) is 42.3 Å². The highest BCUT2D eigenvalue weighted by Crippen LogP contribution is 2.23. The van der Waals surface area contributed by atoms with E-state index in [4.69, 9.17) is 5.73 Å². The molecule has 1 aromatic heterocycles. The Bertz CT molecular complexity index is 731. The summed E-state index contributed by atoms with van der Waals surface area (Å²) in [6.07, 6.45) is 3.16. The number of nitrogens with zero attached hydrogens (tertiary/aromatic N) is 1. The van der Waals surface area contributed by atoms with Crippen LogP contribution in [0.5, 0.6) is 0 Å². The van der Waals surface area contributed by atoms with E-state index in [1.807, 2.05) is 0 Å². The van der Waals surface area contributed by atoms with E-state index >= 15 is 0 Å². The molecule has 102 valence electrons. The van der Waals surface area contributed by atoms with Crippen molar-refractivity contribution in [2.75, 3.05) is 6.54 Å². The Balaban J connectivity index is 2.03. The molecule has 0 aliphatic heterocycles. The van der Waals surface area contributed by atoms with Crippen LogP contribution in [0.1, 0.15) is 11.1 Å². The van der Waals surface area contributed by atoms with Crippen molar-refractivity contribution in [3.05, 3.63) is 70.3 Å². The Morgan fingerprint density at radius 3 is 2.70 bits per heavy atom. The van der Waals surface area contributed by atoms with Gasteiger partial charge in [0.05, 0.1) is 0 Å². The average Bonchev–Trinajstić information content (AvgIpc) is 2.78. The molecule has 0 aliphatic rings. The molecule has 3 aromatic rings. The standard InChI is InChI=1S/C17H17BrN2/c18-15-5-3-4-13(10-15)11-20-12-14(8-9-19)16-6-1-2-7-17(16)20/h1-7,10,12H,8-9,11,19H2. The minimum atomic E-state index is 0.685. The van der Waals surface area contributed by atoms with Gasteiger partial charge in [-0.15, -0.1) is 0 Å². The molecule has 3 heteroatoms. The van der Waals surface area contributed by atoms with Gasteiger partial charge in [0.2, 0.25) is 0 Å². The summed E-state index contributed by atoms with van der Waals surface area (Å²) < 4.78 is 3.43. The molecule has 0 saturated carbocycles. The van der Waals surface area contributed by atoms with E-state index in [1.165, 1.54) is 22.0 Å². The number of nitrogens with two attached hydrogens (primary N) is 1. The van der Waals surface area contributed by atoms with Crippen LogP contribution in [0.2, 0.25) is 0 Å². The maximum atomic E-state index is 5.72. The molecule has 2 nitrogen and oxygen atoms in total. The Kier molecular flexibility index (Phi) is 3.90. The van der Waals surface area contributed by atoms with Crippen LogP contribution in [0.25, 0.3) is 10.9 Å². The number of para-hydroxylation sites is 1. The molecule has 0 spiro atoms. The molecule has 2 aromatic carbocycles. The number of benzene rings is 2. The molecule has 2 N–H and O–H groups in total. The van der Waals surface area contributed by atoms with Crippen LogP contribution >= 0.6 is 15.9 Å². The second kappa shape index (κ2) is 5.81. The summed E-state index contributed by atoms with van der Waals surface area (Å²) in [7, 11) is 0. The highest BCUT2D eigenvalue weighted by Gasteiger charge is 2.07. The van der Waals surface area contributed by atoms with Gasteiger partial charge in [-0.3, -0.25) is 0 Å². The van der Waals surface area contributed by atoms with Gasteiger partial charge >= 0.3 is 0 Å². The monoisotopic (exact) mass is 328 g/mol. The second-order valence-corrected chi connectivity index (χ2v) is 5.88.